The van der Waals surface area contributed by atoms with Crippen LogP contribution >= 0.6 is 0 Å². The van der Waals surface area contributed by atoms with Gasteiger partial charge in [-0.15, -0.1) is 0 Å². The summed E-state index contributed by atoms with van der Waals surface area (Å²) in [5.74, 6) is 0.457. The molecule has 0 heterocycles. The smallest absolute Gasteiger partial charge is 0.244 e. The first-order valence-corrected chi connectivity index (χ1v) is 7.25. The molecule has 0 amide bonds. The van der Waals surface area contributed by atoms with Crippen LogP contribution in [0.3, 0.4) is 0 Å². The van der Waals surface area contributed by atoms with Crippen molar-refractivity contribution in [2.75, 3.05) is 31.7 Å². The monoisotopic (exact) mass is 271 g/mol. The minimum absolute atomic E-state index is 0.140. The van der Waals surface area contributed by atoms with Crippen molar-refractivity contribution in [3.05, 3.63) is 18.2 Å². The Bertz CT molecular complexity index is 510. The van der Waals surface area contributed by atoms with E-state index in [1.165, 1.54) is 20.2 Å². The lowest BCUT2D eigenvalue weighted by atomic mass is 10.2. The van der Waals surface area contributed by atoms with Crippen molar-refractivity contribution in [1.29, 1.82) is 0 Å². The number of nitrogens with one attached hydrogen (secondary N) is 1. The number of hydrogen-bond acceptors (Lipinski definition) is 4. The number of nitrogens with two attached hydrogens (primary N) is 1. The zero-order chi connectivity index (χ0) is 13.9. The summed E-state index contributed by atoms with van der Waals surface area (Å²) in [6.45, 7) is 4.89. The van der Waals surface area contributed by atoms with Crippen LogP contribution < -0.4 is 11.1 Å². The third-order valence-corrected chi connectivity index (χ3v) is 4.40. The number of anilines is 2. The molecule has 0 saturated heterocycles. The molecule has 0 unspecified atom stereocenters. The summed E-state index contributed by atoms with van der Waals surface area (Å²) in [4.78, 5) is 0.140. The lowest BCUT2D eigenvalue weighted by Gasteiger charge is -2.17. The van der Waals surface area contributed by atoms with Gasteiger partial charge in [-0.1, -0.05) is 19.9 Å². The third-order valence-electron chi connectivity index (χ3n) is 2.53. The molecule has 0 saturated carbocycles. The summed E-state index contributed by atoms with van der Waals surface area (Å²) in [6, 6.07) is 4.99. The minimum atomic E-state index is -3.50. The molecule has 5 nitrogen and oxygen atoms in total. The second kappa shape index (κ2) is 5.58. The van der Waals surface area contributed by atoms with E-state index in [1.54, 1.807) is 12.1 Å². The Kier molecular flexibility index (Phi) is 4.59. The van der Waals surface area contributed by atoms with E-state index < -0.39 is 10.0 Å². The molecule has 0 fully saturated rings. The molecule has 0 atom stereocenters. The van der Waals surface area contributed by atoms with E-state index >= 15 is 0 Å². The van der Waals surface area contributed by atoms with Gasteiger partial charge in [0.1, 0.15) is 4.90 Å². The first-order chi connectivity index (χ1) is 8.26. The Morgan fingerprint density at radius 1 is 1.33 bits per heavy atom. The van der Waals surface area contributed by atoms with E-state index in [4.69, 9.17) is 5.73 Å². The van der Waals surface area contributed by atoms with Crippen LogP contribution in [0.15, 0.2) is 23.1 Å². The van der Waals surface area contributed by atoms with E-state index in [0.29, 0.717) is 11.6 Å². The molecule has 0 spiro atoms. The normalized spacial score (nSPS) is 12.1. The molecule has 0 aliphatic heterocycles. The first-order valence-electron chi connectivity index (χ1n) is 5.81. The van der Waals surface area contributed by atoms with Crippen LogP contribution in [0, 0.1) is 5.92 Å². The molecule has 1 rings (SSSR count). The average molecular weight is 271 g/mol. The standard InChI is InChI=1S/C12H21N3O2S/c1-9(2)8-14-10-6-5-7-11(12(10)13)18(16,17)15(3)4/h5-7,9,14H,8,13H2,1-4H3. The molecule has 0 aliphatic rings. The van der Waals surface area contributed by atoms with Gasteiger partial charge in [0.05, 0.1) is 11.4 Å². The Labute approximate surface area is 109 Å². The minimum Gasteiger partial charge on any atom is -0.396 e. The summed E-state index contributed by atoms with van der Waals surface area (Å²) in [5.41, 5.74) is 6.85. The Hall–Kier alpha value is -1.27. The molecule has 0 bridgehead atoms. The van der Waals surface area contributed by atoms with Crippen LogP contribution in [0.25, 0.3) is 0 Å². The van der Waals surface area contributed by atoms with Crippen molar-refractivity contribution in [3.63, 3.8) is 0 Å². The first kappa shape index (κ1) is 14.8. The fourth-order valence-corrected chi connectivity index (χ4v) is 2.47. The SMILES string of the molecule is CC(C)CNc1cccc(S(=O)(=O)N(C)C)c1N. The summed E-state index contributed by atoms with van der Waals surface area (Å²) in [5, 5.41) is 3.16. The third kappa shape index (κ3) is 3.14. The topological polar surface area (TPSA) is 75.4 Å². The fraction of sp³-hybridized carbons (Fsp3) is 0.500. The second-order valence-electron chi connectivity index (χ2n) is 4.78. The van der Waals surface area contributed by atoms with E-state index in [0.717, 1.165) is 10.8 Å². The molecule has 102 valence electrons. The maximum Gasteiger partial charge on any atom is 0.244 e. The number of nitrogen functional groups attached to an aromatic ring is 1. The summed E-state index contributed by atoms with van der Waals surface area (Å²) < 4.78 is 25.3. The molecular formula is C12H21N3O2S. The number of hydrogen-bond donors (Lipinski definition) is 2. The zero-order valence-electron chi connectivity index (χ0n) is 11.3. The van der Waals surface area contributed by atoms with Gasteiger partial charge < -0.3 is 11.1 Å². The highest BCUT2D eigenvalue weighted by Crippen LogP contribution is 2.28. The van der Waals surface area contributed by atoms with Gasteiger partial charge in [0.2, 0.25) is 10.0 Å². The molecule has 0 radical (unpaired) electrons. The van der Waals surface area contributed by atoms with Gasteiger partial charge in [0.25, 0.3) is 0 Å². The van der Waals surface area contributed by atoms with Crippen molar-refractivity contribution in [3.8, 4) is 0 Å². The van der Waals surface area contributed by atoms with Crippen molar-refractivity contribution in [2.24, 2.45) is 5.92 Å². The van der Waals surface area contributed by atoms with Gasteiger partial charge in [-0.05, 0) is 18.1 Å². The van der Waals surface area contributed by atoms with Gasteiger partial charge in [-0.25, -0.2) is 12.7 Å². The summed E-state index contributed by atoms with van der Waals surface area (Å²) >= 11 is 0. The van der Waals surface area contributed by atoms with E-state index in [1.807, 2.05) is 0 Å². The van der Waals surface area contributed by atoms with Crippen LogP contribution in [-0.4, -0.2) is 33.4 Å². The lowest BCUT2D eigenvalue weighted by molar-refractivity contribution is 0.521. The fourth-order valence-electron chi connectivity index (χ4n) is 1.43. The largest absolute Gasteiger partial charge is 0.396 e. The molecule has 3 N–H and O–H groups in total. The van der Waals surface area contributed by atoms with Crippen LogP contribution in [0.5, 0.6) is 0 Å². The maximum atomic E-state index is 12.1. The highest BCUT2D eigenvalue weighted by atomic mass is 32.2. The Balaban J connectivity index is 3.14. The average Bonchev–Trinajstić information content (AvgIpc) is 2.27. The number of para-hydroxylation sites is 1. The molecule has 6 heteroatoms. The van der Waals surface area contributed by atoms with Gasteiger partial charge in [0, 0.05) is 20.6 Å². The number of sulfonamides is 1. The molecule has 0 aliphatic carbocycles. The summed E-state index contributed by atoms with van der Waals surface area (Å²) in [7, 11) is -0.522. The van der Waals surface area contributed by atoms with Crippen LogP contribution in [0.4, 0.5) is 11.4 Å². The molecule has 0 aromatic heterocycles. The number of nitrogens with zero attached hydrogens (tertiary/aromatic N) is 1. The van der Waals surface area contributed by atoms with Gasteiger partial charge in [-0.2, -0.15) is 0 Å². The Morgan fingerprint density at radius 2 is 1.94 bits per heavy atom. The number of rotatable bonds is 5. The van der Waals surface area contributed by atoms with Gasteiger partial charge in [0.15, 0.2) is 0 Å². The molecule has 18 heavy (non-hydrogen) atoms. The maximum absolute atomic E-state index is 12.1. The van der Waals surface area contributed by atoms with Gasteiger partial charge in [-0.3, -0.25) is 0 Å². The predicted molar refractivity (Wildman–Crippen MR) is 75.1 cm³/mol. The summed E-state index contributed by atoms with van der Waals surface area (Å²) in [6.07, 6.45) is 0. The van der Waals surface area contributed by atoms with Gasteiger partial charge >= 0.3 is 0 Å². The van der Waals surface area contributed by atoms with Crippen LogP contribution in [0.2, 0.25) is 0 Å². The predicted octanol–water partition coefficient (Wildman–Crippen LogP) is 1.59. The van der Waals surface area contributed by atoms with E-state index in [9.17, 15) is 8.42 Å². The number of benzene rings is 1. The van der Waals surface area contributed by atoms with Crippen molar-refractivity contribution >= 4 is 21.4 Å². The van der Waals surface area contributed by atoms with E-state index in [2.05, 4.69) is 19.2 Å². The zero-order valence-corrected chi connectivity index (χ0v) is 12.1. The van der Waals surface area contributed by atoms with Crippen molar-refractivity contribution in [2.45, 2.75) is 18.7 Å². The van der Waals surface area contributed by atoms with Crippen molar-refractivity contribution < 1.29 is 8.42 Å². The molecule has 1 aromatic rings. The molecular weight excluding hydrogens is 250 g/mol. The lowest BCUT2D eigenvalue weighted by Crippen LogP contribution is -2.23. The Morgan fingerprint density at radius 3 is 2.44 bits per heavy atom. The highest BCUT2D eigenvalue weighted by Gasteiger charge is 2.21. The highest BCUT2D eigenvalue weighted by molar-refractivity contribution is 7.89. The van der Waals surface area contributed by atoms with Crippen LogP contribution in [-0.2, 0) is 10.0 Å². The van der Waals surface area contributed by atoms with Crippen LogP contribution in [0.1, 0.15) is 13.8 Å². The second-order valence-corrected chi connectivity index (χ2v) is 6.90. The molecule has 1 aromatic carbocycles. The van der Waals surface area contributed by atoms with E-state index in [-0.39, 0.29) is 10.6 Å². The van der Waals surface area contributed by atoms with Crippen molar-refractivity contribution in [1.82, 2.24) is 4.31 Å². The quantitative estimate of drug-likeness (QED) is 0.797.